The molecule has 5 aromatic heterocycles. The predicted octanol–water partition coefficient (Wildman–Crippen LogP) is 18.2. The van der Waals surface area contributed by atoms with Crippen LogP contribution < -0.4 is 0 Å². The molecule has 0 aliphatic heterocycles. The van der Waals surface area contributed by atoms with Gasteiger partial charge in [0.15, 0.2) is 17.5 Å². The average Bonchev–Trinajstić information content (AvgIpc) is 4.28. The molecule has 0 aliphatic rings. The van der Waals surface area contributed by atoms with Crippen LogP contribution in [-0.4, -0.2) is 28.7 Å². The molecule has 0 saturated heterocycles. The summed E-state index contributed by atoms with van der Waals surface area (Å²) in [4.78, 5) is 15.8. The molecule has 0 radical (unpaired) electrons. The van der Waals surface area contributed by atoms with Gasteiger partial charge in [0, 0.05) is 86.2 Å². The van der Waals surface area contributed by atoms with Crippen molar-refractivity contribution in [1.82, 2.24) is 28.7 Å². The van der Waals surface area contributed by atoms with E-state index in [2.05, 4.69) is 232 Å². The minimum atomic E-state index is 0.593. The Morgan fingerprint density at radius 2 is 0.618 bits per heavy atom. The van der Waals surface area contributed by atoms with Gasteiger partial charge < -0.3 is 13.7 Å². The third-order valence-electron chi connectivity index (χ3n) is 15.3. The van der Waals surface area contributed by atoms with Gasteiger partial charge in [0.1, 0.15) is 0 Å². The standard InChI is InChI=1S/C69H42N6S/c1-3-17-43(18-4-1)67-70-68(44-19-5-2-6-20-44)72-69(71-67)47-37-46(45-31-36-66-58(40-45)57-25-11-16-30-65(57)76-66)38-50(39-47)75-63-41-48(73-59-26-12-7-21-51(59)52-22-8-13-27-60(52)73)32-34-55(63)56-35-33-49(42-64(56)75)74-61-28-14-9-23-53(61)54-24-10-15-29-62(54)74/h1-42H. The lowest BCUT2D eigenvalue weighted by Crippen LogP contribution is -2.02. The fourth-order valence-corrected chi connectivity index (χ4v) is 12.9. The Hall–Kier alpha value is -9.95. The van der Waals surface area contributed by atoms with Crippen LogP contribution in [0.1, 0.15) is 0 Å². The third-order valence-corrected chi connectivity index (χ3v) is 16.4. The minimum absolute atomic E-state index is 0.593. The summed E-state index contributed by atoms with van der Waals surface area (Å²) in [6.07, 6.45) is 0. The molecule has 354 valence electrons. The van der Waals surface area contributed by atoms with Gasteiger partial charge in [0.2, 0.25) is 0 Å². The summed E-state index contributed by atoms with van der Waals surface area (Å²) in [6.45, 7) is 0. The molecule has 11 aromatic carbocycles. The maximum atomic E-state index is 5.34. The zero-order chi connectivity index (χ0) is 49.8. The Morgan fingerprint density at radius 1 is 0.224 bits per heavy atom. The van der Waals surface area contributed by atoms with Crippen LogP contribution in [0.3, 0.4) is 0 Å². The van der Waals surface area contributed by atoms with E-state index in [-0.39, 0.29) is 0 Å². The van der Waals surface area contributed by atoms with Crippen molar-refractivity contribution in [3.63, 3.8) is 0 Å². The van der Waals surface area contributed by atoms with Crippen LogP contribution in [0.5, 0.6) is 0 Å². The first-order chi connectivity index (χ1) is 37.7. The molecule has 76 heavy (non-hydrogen) atoms. The lowest BCUT2D eigenvalue weighted by molar-refractivity contribution is 1.07. The van der Waals surface area contributed by atoms with E-state index in [1.54, 1.807) is 0 Å². The average molecular weight is 987 g/mol. The molecule has 0 fully saturated rings. The molecule has 0 N–H and O–H groups in total. The fourth-order valence-electron chi connectivity index (χ4n) is 11.8. The highest BCUT2D eigenvalue weighted by atomic mass is 32.1. The SMILES string of the molecule is c1ccc(-c2nc(-c3ccccc3)nc(-c3cc(-c4ccc5sc6ccccc6c5c4)cc(-n4c5cc(-n6c7ccccc7c7ccccc76)ccc5c5ccc(-n6c7ccccc7c7ccccc76)cc54)c3)n2)cc1. The molecular weight excluding hydrogens is 945 g/mol. The molecule has 0 bridgehead atoms. The molecule has 0 saturated carbocycles. The highest BCUT2D eigenvalue weighted by Gasteiger charge is 2.22. The number of nitrogens with zero attached hydrogens (tertiary/aromatic N) is 6. The van der Waals surface area contributed by atoms with E-state index >= 15 is 0 Å². The van der Waals surface area contributed by atoms with Gasteiger partial charge in [0.05, 0.1) is 33.1 Å². The third kappa shape index (κ3) is 6.62. The number of para-hydroxylation sites is 4. The predicted molar refractivity (Wildman–Crippen MR) is 317 cm³/mol. The van der Waals surface area contributed by atoms with Crippen molar-refractivity contribution in [2.45, 2.75) is 0 Å². The molecule has 0 aliphatic carbocycles. The van der Waals surface area contributed by atoms with Gasteiger partial charge in [-0.05, 0) is 96.1 Å². The van der Waals surface area contributed by atoms with Gasteiger partial charge in [-0.2, -0.15) is 0 Å². The quantitative estimate of drug-likeness (QED) is 0.160. The molecule has 7 heteroatoms. The zero-order valence-electron chi connectivity index (χ0n) is 40.8. The molecule has 16 rings (SSSR count). The monoisotopic (exact) mass is 986 g/mol. The van der Waals surface area contributed by atoms with Gasteiger partial charge >= 0.3 is 0 Å². The second-order valence-electron chi connectivity index (χ2n) is 19.6. The number of hydrogen-bond donors (Lipinski definition) is 0. The van der Waals surface area contributed by atoms with Crippen LogP contribution in [0.2, 0.25) is 0 Å². The van der Waals surface area contributed by atoms with Gasteiger partial charge in [0.25, 0.3) is 0 Å². The van der Waals surface area contributed by atoms with Gasteiger partial charge in [-0.25, -0.2) is 15.0 Å². The maximum absolute atomic E-state index is 5.34. The molecule has 6 nitrogen and oxygen atoms in total. The Balaban J connectivity index is 1.01. The highest BCUT2D eigenvalue weighted by Crippen LogP contribution is 2.43. The summed E-state index contributed by atoms with van der Waals surface area (Å²) in [5.41, 5.74) is 14.9. The van der Waals surface area contributed by atoms with Crippen LogP contribution in [-0.2, 0) is 0 Å². The van der Waals surface area contributed by atoms with E-state index in [1.807, 2.05) is 47.7 Å². The van der Waals surface area contributed by atoms with Crippen molar-refractivity contribution < 1.29 is 0 Å². The summed E-state index contributed by atoms with van der Waals surface area (Å²) >= 11 is 1.84. The summed E-state index contributed by atoms with van der Waals surface area (Å²) in [5, 5.41) is 9.72. The van der Waals surface area contributed by atoms with Crippen LogP contribution in [0.25, 0.3) is 148 Å². The first-order valence-electron chi connectivity index (χ1n) is 25.7. The van der Waals surface area contributed by atoms with E-state index < -0.39 is 0 Å². The van der Waals surface area contributed by atoms with Gasteiger partial charge in [-0.1, -0.05) is 170 Å². The lowest BCUT2D eigenvalue weighted by atomic mass is 9.99. The van der Waals surface area contributed by atoms with Crippen molar-refractivity contribution in [2.24, 2.45) is 0 Å². The summed E-state index contributed by atoms with van der Waals surface area (Å²) in [5.74, 6) is 1.83. The largest absolute Gasteiger partial charge is 0.309 e. The topological polar surface area (TPSA) is 53.5 Å². The van der Waals surface area contributed by atoms with E-state index in [4.69, 9.17) is 15.0 Å². The normalized spacial score (nSPS) is 11.9. The Labute approximate surface area is 440 Å². The molecule has 5 heterocycles. The fraction of sp³-hybridized carbons (Fsp3) is 0. The van der Waals surface area contributed by atoms with Crippen molar-refractivity contribution in [3.05, 3.63) is 255 Å². The first kappa shape index (κ1) is 42.5. The number of rotatable bonds is 7. The van der Waals surface area contributed by atoms with E-state index in [0.717, 1.165) is 66.7 Å². The lowest BCUT2D eigenvalue weighted by Gasteiger charge is -2.16. The molecule has 0 unspecified atom stereocenters. The Kier molecular flexibility index (Phi) is 9.40. The number of benzene rings is 11. The second-order valence-corrected chi connectivity index (χ2v) is 20.7. The Morgan fingerprint density at radius 3 is 1.13 bits per heavy atom. The minimum Gasteiger partial charge on any atom is -0.309 e. The van der Waals surface area contributed by atoms with Gasteiger partial charge in [-0.15, -0.1) is 11.3 Å². The molecule has 0 atom stereocenters. The number of fused-ring (bicyclic) bond motifs is 12. The van der Waals surface area contributed by atoms with Crippen molar-refractivity contribution in [3.8, 4) is 62.4 Å². The molecule has 16 aromatic rings. The summed E-state index contributed by atoms with van der Waals surface area (Å²) in [6, 6.07) is 91.9. The highest BCUT2D eigenvalue weighted by molar-refractivity contribution is 7.25. The number of hydrogen-bond acceptors (Lipinski definition) is 4. The first-order valence-corrected chi connectivity index (χ1v) is 26.5. The van der Waals surface area contributed by atoms with Crippen LogP contribution in [0.15, 0.2) is 255 Å². The second kappa shape index (κ2) is 16.8. The van der Waals surface area contributed by atoms with Crippen molar-refractivity contribution >= 4 is 96.9 Å². The maximum Gasteiger partial charge on any atom is 0.164 e. The van der Waals surface area contributed by atoms with E-state index in [1.165, 1.54) is 63.8 Å². The zero-order valence-corrected chi connectivity index (χ0v) is 41.7. The number of thiophene rings is 1. The smallest absolute Gasteiger partial charge is 0.164 e. The molecule has 0 amide bonds. The van der Waals surface area contributed by atoms with Crippen LogP contribution >= 0.6 is 11.3 Å². The molecule has 0 spiro atoms. The summed E-state index contributed by atoms with van der Waals surface area (Å²) in [7, 11) is 0. The van der Waals surface area contributed by atoms with Gasteiger partial charge in [-0.3, -0.25) is 0 Å². The van der Waals surface area contributed by atoms with Crippen molar-refractivity contribution in [2.75, 3.05) is 0 Å². The van der Waals surface area contributed by atoms with E-state index in [0.29, 0.717) is 17.5 Å². The summed E-state index contributed by atoms with van der Waals surface area (Å²) < 4.78 is 9.84. The Bertz CT molecular complexity index is 4670. The van der Waals surface area contributed by atoms with E-state index in [9.17, 15) is 0 Å². The van der Waals surface area contributed by atoms with Crippen LogP contribution in [0.4, 0.5) is 0 Å². The van der Waals surface area contributed by atoms with Crippen LogP contribution in [0, 0.1) is 0 Å². The van der Waals surface area contributed by atoms with Crippen molar-refractivity contribution in [1.29, 1.82) is 0 Å². The number of aromatic nitrogens is 6. The molecular formula is C69H42N6S.